The van der Waals surface area contributed by atoms with Gasteiger partial charge in [-0.05, 0) is 49.7 Å². The zero-order valence-electron chi connectivity index (χ0n) is 16.8. The topological polar surface area (TPSA) is 64.0 Å². The first-order chi connectivity index (χ1) is 14.1. The van der Waals surface area contributed by atoms with E-state index in [9.17, 15) is 0 Å². The largest absolute Gasteiger partial charge is 0.497 e. The Kier molecular flexibility index (Phi) is 5.76. The Morgan fingerprint density at radius 1 is 1.24 bits per heavy atom. The SMILES string of the molecule is COc1ccc(CN=C2NN=C(c3cc(C)n(Cc4ccco4)c3C)CS2)cc1. The highest BCUT2D eigenvalue weighted by Gasteiger charge is 2.19. The van der Waals surface area contributed by atoms with Crippen molar-refractivity contribution in [1.82, 2.24) is 9.99 Å². The summed E-state index contributed by atoms with van der Waals surface area (Å²) in [4.78, 5) is 4.64. The molecule has 0 radical (unpaired) electrons. The van der Waals surface area contributed by atoms with E-state index in [1.165, 1.54) is 17.0 Å². The lowest BCUT2D eigenvalue weighted by molar-refractivity contribution is 0.414. The molecule has 0 bridgehead atoms. The summed E-state index contributed by atoms with van der Waals surface area (Å²) < 4.78 is 13.0. The molecule has 0 fully saturated rings. The second-order valence-electron chi connectivity index (χ2n) is 6.88. The Labute approximate surface area is 174 Å². The summed E-state index contributed by atoms with van der Waals surface area (Å²) in [7, 11) is 1.67. The number of hydrazone groups is 1. The third-order valence-electron chi connectivity index (χ3n) is 4.97. The molecule has 3 aromatic rings. The molecule has 0 saturated carbocycles. The van der Waals surface area contributed by atoms with E-state index in [1.807, 2.05) is 36.4 Å². The number of nitrogens with zero attached hydrogens (tertiary/aromatic N) is 3. The molecule has 0 saturated heterocycles. The lowest BCUT2D eigenvalue weighted by atomic mass is 10.1. The number of furan rings is 1. The highest BCUT2D eigenvalue weighted by molar-refractivity contribution is 8.14. The van der Waals surface area contributed by atoms with E-state index in [0.29, 0.717) is 6.54 Å². The Balaban J connectivity index is 1.44. The average molecular weight is 409 g/mol. The molecule has 7 heteroatoms. The molecule has 2 aromatic heterocycles. The van der Waals surface area contributed by atoms with E-state index in [1.54, 1.807) is 25.1 Å². The lowest BCUT2D eigenvalue weighted by Gasteiger charge is -2.15. The van der Waals surface area contributed by atoms with Gasteiger partial charge in [-0.3, -0.25) is 10.4 Å². The maximum Gasteiger partial charge on any atom is 0.177 e. The highest BCUT2D eigenvalue weighted by Crippen LogP contribution is 2.22. The van der Waals surface area contributed by atoms with Crippen LogP contribution in [0.4, 0.5) is 0 Å². The zero-order chi connectivity index (χ0) is 20.2. The van der Waals surface area contributed by atoms with Crippen LogP contribution in [-0.2, 0) is 13.1 Å². The molecule has 1 aliphatic heterocycles. The lowest BCUT2D eigenvalue weighted by Crippen LogP contribution is -2.25. The van der Waals surface area contributed by atoms with Crippen LogP contribution in [-0.4, -0.2) is 28.3 Å². The summed E-state index contributed by atoms with van der Waals surface area (Å²) in [6.07, 6.45) is 1.71. The summed E-state index contributed by atoms with van der Waals surface area (Å²) in [6, 6.07) is 14.1. The Morgan fingerprint density at radius 2 is 2.07 bits per heavy atom. The highest BCUT2D eigenvalue weighted by atomic mass is 32.2. The van der Waals surface area contributed by atoms with E-state index in [0.717, 1.165) is 40.3 Å². The average Bonchev–Trinajstić information content (AvgIpc) is 3.37. The Bertz CT molecular complexity index is 1030. The van der Waals surface area contributed by atoms with Crippen LogP contribution in [0.1, 0.15) is 28.3 Å². The molecule has 0 amide bonds. The monoisotopic (exact) mass is 408 g/mol. The van der Waals surface area contributed by atoms with Crippen molar-refractivity contribution in [3.8, 4) is 5.75 Å². The number of thioether (sulfide) groups is 1. The molecular weight excluding hydrogens is 384 g/mol. The summed E-state index contributed by atoms with van der Waals surface area (Å²) in [5.74, 6) is 2.59. The Hall–Kier alpha value is -2.93. The minimum Gasteiger partial charge on any atom is -0.497 e. The maximum absolute atomic E-state index is 5.50. The zero-order valence-corrected chi connectivity index (χ0v) is 17.6. The number of nitrogens with one attached hydrogen (secondary N) is 1. The van der Waals surface area contributed by atoms with Gasteiger partial charge in [-0.2, -0.15) is 5.10 Å². The number of aryl methyl sites for hydroxylation is 1. The van der Waals surface area contributed by atoms with E-state index >= 15 is 0 Å². The van der Waals surface area contributed by atoms with Gasteiger partial charge in [-0.15, -0.1) is 0 Å². The van der Waals surface area contributed by atoms with Crippen molar-refractivity contribution in [2.24, 2.45) is 10.1 Å². The summed E-state index contributed by atoms with van der Waals surface area (Å²) in [6.45, 7) is 5.59. The molecule has 1 aromatic carbocycles. The molecule has 0 unspecified atom stereocenters. The van der Waals surface area contributed by atoms with E-state index in [-0.39, 0.29) is 0 Å². The first-order valence-corrected chi connectivity index (χ1v) is 10.4. The van der Waals surface area contributed by atoms with Gasteiger partial charge in [-0.1, -0.05) is 23.9 Å². The van der Waals surface area contributed by atoms with Crippen LogP contribution in [0.2, 0.25) is 0 Å². The quantitative estimate of drug-likeness (QED) is 0.659. The van der Waals surface area contributed by atoms with E-state index in [4.69, 9.17) is 9.15 Å². The first kappa shape index (κ1) is 19.4. The summed E-state index contributed by atoms with van der Waals surface area (Å²) in [5, 5.41) is 5.43. The molecule has 150 valence electrons. The fraction of sp³-hybridized carbons (Fsp3) is 0.273. The number of methoxy groups -OCH3 is 1. The van der Waals surface area contributed by atoms with Crippen molar-refractivity contribution in [2.45, 2.75) is 26.9 Å². The van der Waals surface area contributed by atoms with Gasteiger partial charge < -0.3 is 13.7 Å². The Morgan fingerprint density at radius 3 is 2.72 bits per heavy atom. The third kappa shape index (κ3) is 4.40. The van der Waals surface area contributed by atoms with Gasteiger partial charge in [0.2, 0.25) is 0 Å². The predicted molar refractivity (Wildman–Crippen MR) is 118 cm³/mol. The van der Waals surface area contributed by atoms with E-state index < -0.39 is 0 Å². The second kappa shape index (κ2) is 8.61. The molecule has 0 aliphatic carbocycles. The molecule has 1 aliphatic rings. The number of hydrogen-bond donors (Lipinski definition) is 1. The maximum atomic E-state index is 5.50. The molecule has 6 nitrogen and oxygen atoms in total. The number of aliphatic imine (C=N–C) groups is 1. The normalized spacial score (nSPS) is 15.3. The van der Waals surface area contributed by atoms with Crippen molar-refractivity contribution < 1.29 is 9.15 Å². The van der Waals surface area contributed by atoms with Crippen molar-refractivity contribution in [1.29, 1.82) is 0 Å². The van der Waals surface area contributed by atoms with Crippen LogP contribution >= 0.6 is 11.8 Å². The van der Waals surface area contributed by atoms with Gasteiger partial charge in [0.05, 0.1) is 32.2 Å². The number of rotatable bonds is 6. The molecular formula is C22H24N4O2S. The smallest absolute Gasteiger partial charge is 0.177 e. The molecule has 29 heavy (non-hydrogen) atoms. The van der Waals surface area contributed by atoms with Crippen LogP contribution in [0.3, 0.4) is 0 Å². The molecule has 0 spiro atoms. The predicted octanol–water partition coefficient (Wildman–Crippen LogP) is 4.35. The number of aromatic nitrogens is 1. The third-order valence-corrected chi connectivity index (χ3v) is 5.89. The summed E-state index contributed by atoms with van der Waals surface area (Å²) >= 11 is 1.68. The number of amidine groups is 1. The van der Waals surface area contributed by atoms with Gasteiger partial charge in [0.1, 0.15) is 11.5 Å². The van der Waals surface area contributed by atoms with Crippen LogP contribution in [0.25, 0.3) is 0 Å². The van der Waals surface area contributed by atoms with E-state index in [2.05, 4.69) is 40.0 Å². The fourth-order valence-corrected chi connectivity index (χ4v) is 4.08. The van der Waals surface area contributed by atoms with Gasteiger partial charge in [0.25, 0.3) is 0 Å². The first-order valence-electron chi connectivity index (χ1n) is 9.46. The van der Waals surface area contributed by atoms with Crippen molar-refractivity contribution in [3.05, 3.63) is 77.0 Å². The number of hydrogen-bond acceptors (Lipinski definition) is 5. The fourth-order valence-electron chi connectivity index (χ4n) is 3.32. The van der Waals surface area contributed by atoms with Crippen molar-refractivity contribution in [3.63, 3.8) is 0 Å². The van der Waals surface area contributed by atoms with Crippen molar-refractivity contribution in [2.75, 3.05) is 12.9 Å². The molecule has 4 rings (SSSR count). The number of benzene rings is 1. The van der Waals surface area contributed by atoms with Crippen LogP contribution in [0.15, 0.2) is 63.2 Å². The minimum absolute atomic E-state index is 0.613. The van der Waals surface area contributed by atoms with Gasteiger partial charge in [0, 0.05) is 22.7 Å². The van der Waals surface area contributed by atoms with Crippen LogP contribution in [0, 0.1) is 13.8 Å². The van der Waals surface area contributed by atoms with Crippen molar-refractivity contribution >= 4 is 22.6 Å². The molecule has 0 atom stereocenters. The van der Waals surface area contributed by atoms with Crippen LogP contribution < -0.4 is 10.2 Å². The second-order valence-corrected chi connectivity index (χ2v) is 7.84. The molecule has 3 heterocycles. The summed E-state index contributed by atoms with van der Waals surface area (Å²) in [5.41, 5.74) is 8.84. The van der Waals surface area contributed by atoms with Gasteiger partial charge in [-0.25, -0.2) is 0 Å². The van der Waals surface area contributed by atoms with Crippen LogP contribution in [0.5, 0.6) is 5.75 Å². The van der Waals surface area contributed by atoms with Gasteiger partial charge >= 0.3 is 0 Å². The minimum atomic E-state index is 0.613. The standard InChI is InChI=1S/C22H24N4O2S/c1-15-11-20(16(2)26(15)13-19-5-4-10-28-19)21-14-29-22(25-24-21)23-12-17-6-8-18(27-3)9-7-17/h4-11H,12-14H2,1-3H3,(H,23,25). The van der Waals surface area contributed by atoms with Gasteiger partial charge in [0.15, 0.2) is 5.17 Å². The molecule has 1 N–H and O–H groups in total. The number of ether oxygens (including phenoxy) is 1.